The monoisotopic (exact) mass is 189 g/mol. The lowest BCUT2D eigenvalue weighted by molar-refractivity contribution is -0.142. The normalized spacial score (nSPS) is 10.5. The lowest BCUT2D eigenvalue weighted by atomic mass is 10.1. The molecule has 13 heavy (non-hydrogen) atoms. The fourth-order valence-corrected chi connectivity index (χ4v) is 0.729. The number of carbonyl (C=O) groups excluding carboxylic acids is 1. The van der Waals surface area contributed by atoms with Crippen molar-refractivity contribution in [1.82, 2.24) is 5.32 Å². The number of carbonyl (C=O) groups is 1. The molecule has 2 N–H and O–H groups in total. The van der Waals surface area contributed by atoms with Gasteiger partial charge in [0.2, 0.25) is 0 Å². The molecule has 0 atom stereocenters. The third-order valence-corrected chi connectivity index (χ3v) is 1.52. The summed E-state index contributed by atoms with van der Waals surface area (Å²) in [6.07, 6.45) is 0.895. The predicted molar refractivity (Wildman–Crippen MR) is 50.4 cm³/mol. The van der Waals surface area contributed by atoms with Gasteiger partial charge in [-0.25, -0.2) is 0 Å². The molecule has 0 aliphatic heterocycles. The molecule has 0 aromatic rings. The third-order valence-electron chi connectivity index (χ3n) is 1.52. The highest BCUT2D eigenvalue weighted by molar-refractivity contribution is 5.71. The van der Waals surface area contributed by atoms with Gasteiger partial charge in [-0.2, -0.15) is 0 Å². The molecular formula is C9H19NO3. The predicted octanol–water partition coefficient (Wildman–Crippen LogP) is 0.158. The molecule has 0 aliphatic carbocycles. The summed E-state index contributed by atoms with van der Waals surface area (Å²) in [5, 5.41) is 11.2. The van der Waals surface area contributed by atoms with Crippen LogP contribution in [-0.2, 0) is 9.53 Å². The van der Waals surface area contributed by atoms with Gasteiger partial charge >= 0.3 is 5.97 Å². The zero-order chi connectivity index (χ0) is 10.1. The van der Waals surface area contributed by atoms with Crippen LogP contribution >= 0.6 is 0 Å². The molecule has 4 nitrogen and oxygen atoms in total. The first kappa shape index (κ1) is 12.4. The SMILES string of the molecule is CC(C)CCOC(=O)CNCCO. The van der Waals surface area contributed by atoms with E-state index in [-0.39, 0.29) is 19.1 Å². The fourth-order valence-electron chi connectivity index (χ4n) is 0.729. The van der Waals surface area contributed by atoms with E-state index in [0.29, 0.717) is 19.1 Å². The summed E-state index contributed by atoms with van der Waals surface area (Å²) in [5.41, 5.74) is 0. The maximum absolute atomic E-state index is 10.9. The smallest absolute Gasteiger partial charge is 0.319 e. The highest BCUT2D eigenvalue weighted by Crippen LogP contribution is 1.98. The van der Waals surface area contributed by atoms with Gasteiger partial charge in [0.15, 0.2) is 0 Å². The molecule has 0 rings (SSSR count). The number of nitrogens with one attached hydrogen (secondary N) is 1. The Morgan fingerprint density at radius 3 is 2.77 bits per heavy atom. The van der Waals surface area contributed by atoms with Crippen LogP contribution in [0.5, 0.6) is 0 Å². The highest BCUT2D eigenvalue weighted by atomic mass is 16.5. The molecule has 0 bridgehead atoms. The zero-order valence-electron chi connectivity index (χ0n) is 8.38. The summed E-state index contributed by atoms with van der Waals surface area (Å²) in [7, 11) is 0. The number of hydrogen-bond acceptors (Lipinski definition) is 4. The summed E-state index contributed by atoms with van der Waals surface area (Å²) in [5.74, 6) is 0.298. The van der Waals surface area contributed by atoms with Crippen molar-refractivity contribution < 1.29 is 14.6 Å². The van der Waals surface area contributed by atoms with Crippen molar-refractivity contribution in [3.8, 4) is 0 Å². The van der Waals surface area contributed by atoms with E-state index in [1.807, 2.05) is 0 Å². The molecule has 0 spiro atoms. The van der Waals surface area contributed by atoms with Crippen LogP contribution < -0.4 is 5.32 Å². The van der Waals surface area contributed by atoms with Gasteiger partial charge in [-0.1, -0.05) is 13.8 Å². The quantitative estimate of drug-likeness (QED) is 0.442. The Kier molecular flexibility index (Phi) is 7.63. The molecule has 4 heteroatoms. The zero-order valence-corrected chi connectivity index (χ0v) is 8.38. The van der Waals surface area contributed by atoms with E-state index in [0.717, 1.165) is 6.42 Å². The Labute approximate surface area is 79.3 Å². The number of hydrogen-bond donors (Lipinski definition) is 2. The average Bonchev–Trinajstić information content (AvgIpc) is 2.04. The molecule has 0 heterocycles. The van der Waals surface area contributed by atoms with Crippen LogP contribution in [0.3, 0.4) is 0 Å². The first-order valence-corrected chi connectivity index (χ1v) is 4.64. The molecule has 0 aromatic carbocycles. The van der Waals surface area contributed by atoms with E-state index in [4.69, 9.17) is 9.84 Å². The highest BCUT2D eigenvalue weighted by Gasteiger charge is 2.01. The van der Waals surface area contributed by atoms with Crippen LogP contribution in [-0.4, -0.2) is 37.4 Å². The van der Waals surface area contributed by atoms with Gasteiger partial charge in [-0.15, -0.1) is 0 Å². The Hall–Kier alpha value is -0.610. The second-order valence-electron chi connectivity index (χ2n) is 3.30. The van der Waals surface area contributed by atoms with Crippen molar-refractivity contribution in [3.05, 3.63) is 0 Å². The van der Waals surface area contributed by atoms with E-state index >= 15 is 0 Å². The minimum absolute atomic E-state index is 0.0409. The number of aliphatic hydroxyl groups excluding tert-OH is 1. The van der Waals surface area contributed by atoms with Crippen molar-refractivity contribution in [2.24, 2.45) is 5.92 Å². The summed E-state index contributed by atoms with van der Waals surface area (Å²) in [6, 6.07) is 0. The second-order valence-corrected chi connectivity index (χ2v) is 3.30. The molecule has 0 fully saturated rings. The number of rotatable bonds is 7. The van der Waals surface area contributed by atoms with Gasteiger partial charge in [0.25, 0.3) is 0 Å². The molecule has 0 unspecified atom stereocenters. The summed E-state index contributed by atoms with van der Waals surface area (Å²) in [6.45, 7) is 5.30. The lowest BCUT2D eigenvalue weighted by Crippen LogP contribution is -2.27. The Morgan fingerprint density at radius 1 is 1.54 bits per heavy atom. The van der Waals surface area contributed by atoms with E-state index in [1.54, 1.807) is 0 Å². The Morgan fingerprint density at radius 2 is 2.23 bits per heavy atom. The van der Waals surface area contributed by atoms with Crippen molar-refractivity contribution in [2.75, 3.05) is 26.3 Å². The van der Waals surface area contributed by atoms with Crippen LogP contribution in [0.15, 0.2) is 0 Å². The Bertz CT molecular complexity index is 137. The van der Waals surface area contributed by atoms with E-state index in [2.05, 4.69) is 19.2 Å². The van der Waals surface area contributed by atoms with Crippen molar-refractivity contribution in [2.45, 2.75) is 20.3 Å². The van der Waals surface area contributed by atoms with Crippen molar-refractivity contribution >= 4 is 5.97 Å². The number of ether oxygens (including phenoxy) is 1. The van der Waals surface area contributed by atoms with Crippen molar-refractivity contribution in [3.63, 3.8) is 0 Å². The maximum Gasteiger partial charge on any atom is 0.319 e. The minimum atomic E-state index is -0.255. The first-order chi connectivity index (χ1) is 6.16. The molecule has 0 saturated heterocycles. The van der Waals surface area contributed by atoms with Gasteiger partial charge < -0.3 is 15.2 Å². The van der Waals surface area contributed by atoms with Crippen LogP contribution in [0.4, 0.5) is 0 Å². The van der Waals surface area contributed by atoms with Gasteiger partial charge in [0.05, 0.1) is 19.8 Å². The lowest BCUT2D eigenvalue weighted by Gasteiger charge is -2.06. The molecule has 0 aliphatic rings. The molecule has 0 saturated carbocycles. The van der Waals surface area contributed by atoms with E-state index < -0.39 is 0 Å². The van der Waals surface area contributed by atoms with Gasteiger partial charge in [0.1, 0.15) is 0 Å². The van der Waals surface area contributed by atoms with Gasteiger partial charge in [0, 0.05) is 6.54 Å². The average molecular weight is 189 g/mol. The topological polar surface area (TPSA) is 58.6 Å². The standard InChI is InChI=1S/C9H19NO3/c1-8(2)3-6-13-9(12)7-10-4-5-11/h8,10-11H,3-7H2,1-2H3. The minimum Gasteiger partial charge on any atom is -0.465 e. The first-order valence-electron chi connectivity index (χ1n) is 4.64. The van der Waals surface area contributed by atoms with Crippen molar-refractivity contribution in [1.29, 1.82) is 0 Å². The summed E-state index contributed by atoms with van der Waals surface area (Å²) >= 11 is 0. The fraction of sp³-hybridized carbons (Fsp3) is 0.889. The van der Waals surface area contributed by atoms with E-state index in [9.17, 15) is 4.79 Å². The third kappa shape index (κ3) is 9.30. The van der Waals surface area contributed by atoms with Crippen LogP contribution in [0, 0.1) is 5.92 Å². The summed E-state index contributed by atoms with van der Waals surface area (Å²) < 4.78 is 4.92. The largest absolute Gasteiger partial charge is 0.465 e. The number of esters is 1. The molecule has 0 radical (unpaired) electrons. The molecule has 0 aromatic heterocycles. The molecule has 0 amide bonds. The van der Waals surface area contributed by atoms with Gasteiger partial charge in [-0.05, 0) is 12.3 Å². The van der Waals surface area contributed by atoms with E-state index in [1.165, 1.54) is 0 Å². The maximum atomic E-state index is 10.9. The van der Waals surface area contributed by atoms with Crippen LogP contribution in [0.1, 0.15) is 20.3 Å². The molecular weight excluding hydrogens is 170 g/mol. The second kappa shape index (κ2) is 8.01. The van der Waals surface area contributed by atoms with Gasteiger partial charge in [-0.3, -0.25) is 4.79 Å². The molecule has 78 valence electrons. The number of aliphatic hydroxyl groups is 1. The van der Waals surface area contributed by atoms with Crippen LogP contribution in [0.25, 0.3) is 0 Å². The Balaban J connectivity index is 3.20. The summed E-state index contributed by atoms with van der Waals surface area (Å²) in [4.78, 5) is 10.9. The van der Waals surface area contributed by atoms with Crippen LogP contribution in [0.2, 0.25) is 0 Å².